The van der Waals surface area contributed by atoms with Gasteiger partial charge >= 0.3 is 0 Å². The first-order valence-electron chi connectivity index (χ1n) is 7.26. The molecule has 0 spiro atoms. The lowest BCUT2D eigenvalue weighted by molar-refractivity contribution is 0.456. The lowest BCUT2D eigenvalue weighted by Gasteiger charge is -2.24. The monoisotopic (exact) mass is 295 g/mol. The van der Waals surface area contributed by atoms with Crippen molar-refractivity contribution in [2.75, 3.05) is 5.32 Å². The summed E-state index contributed by atoms with van der Waals surface area (Å²) in [7, 11) is 0. The molecule has 4 nitrogen and oxygen atoms in total. The smallest absolute Gasteiger partial charge is 0.287 e. The quantitative estimate of drug-likeness (QED) is 0.683. The predicted octanol–water partition coefficient (Wildman–Crippen LogP) is 3.46. The Labute approximate surface area is 124 Å². The molecule has 1 aliphatic carbocycles. The highest BCUT2D eigenvalue weighted by Crippen LogP contribution is 2.27. The SMILES string of the molecule is C=CCn1ncc(NC2CCCCCC2C)c(Cl)c1=O. The van der Waals surface area contributed by atoms with Crippen LogP contribution in [0, 0.1) is 5.92 Å². The van der Waals surface area contributed by atoms with Crippen LogP contribution in [0.3, 0.4) is 0 Å². The maximum atomic E-state index is 12.1. The van der Waals surface area contributed by atoms with Crippen LogP contribution in [0.15, 0.2) is 23.6 Å². The van der Waals surface area contributed by atoms with Crippen molar-refractivity contribution in [2.24, 2.45) is 5.92 Å². The molecule has 0 saturated heterocycles. The normalized spacial score (nSPS) is 23.1. The minimum atomic E-state index is -0.266. The fourth-order valence-electron chi connectivity index (χ4n) is 2.73. The zero-order valence-corrected chi connectivity index (χ0v) is 12.7. The summed E-state index contributed by atoms with van der Waals surface area (Å²) < 4.78 is 1.32. The number of nitrogens with zero attached hydrogens (tertiary/aromatic N) is 2. The van der Waals surface area contributed by atoms with E-state index in [1.54, 1.807) is 12.3 Å². The molecule has 1 saturated carbocycles. The van der Waals surface area contributed by atoms with Crippen LogP contribution < -0.4 is 10.9 Å². The van der Waals surface area contributed by atoms with E-state index in [0.29, 0.717) is 24.2 Å². The molecule has 5 heteroatoms. The van der Waals surface area contributed by atoms with Gasteiger partial charge < -0.3 is 5.32 Å². The summed E-state index contributed by atoms with van der Waals surface area (Å²) in [5.41, 5.74) is 0.383. The van der Waals surface area contributed by atoms with Gasteiger partial charge in [0.05, 0.1) is 18.4 Å². The largest absolute Gasteiger partial charge is 0.379 e. The summed E-state index contributed by atoms with van der Waals surface area (Å²) >= 11 is 6.17. The Hall–Kier alpha value is -1.29. The molecule has 110 valence electrons. The third-order valence-electron chi connectivity index (χ3n) is 3.99. The maximum absolute atomic E-state index is 12.1. The number of hydrogen-bond donors (Lipinski definition) is 1. The number of anilines is 1. The van der Waals surface area contributed by atoms with Gasteiger partial charge in [-0.05, 0) is 18.8 Å². The predicted molar refractivity (Wildman–Crippen MR) is 83.4 cm³/mol. The van der Waals surface area contributed by atoms with Crippen molar-refractivity contribution in [2.45, 2.75) is 51.6 Å². The first-order chi connectivity index (χ1) is 9.63. The molecule has 0 amide bonds. The van der Waals surface area contributed by atoms with E-state index in [9.17, 15) is 4.79 Å². The van der Waals surface area contributed by atoms with Gasteiger partial charge in [-0.25, -0.2) is 4.68 Å². The fourth-order valence-corrected chi connectivity index (χ4v) is 2.93. The highest BCUT2D eigenvalue weighted by molar-refractivity contribution is 6.32. The Balaban J connectivity index is 2.18. The Morgan fingerprint density at radius 3 is 3.00 bits per heavy atom. The zero-order valence-electron chi connectivity index (χ0n) is 11.9. The number of hydrogen-bond acceptors (Lipinski definition) is 3. The van der Waals surface area contributed by atoms with Gasteiger partial charge in [0.15, 0.2) is 0 Å². The fraction of sp³-hybridized carbons (Fsp3) is 0.600. The summed E-state index contributed by atoms with van der Waals surface area (Å²) in [6, 6.07) is 0.367. The van der Waals surface area contributed by atoms with Crippen LogP contribution in [0.2, 0.25) is 5.02 Å². The molecule has 1 aromatic rings. The topological polar surface area (TPSA) is 46.9 Å². The maximum Gasteiger partial charge on any atom is 0.287 e. The molecule has 0 radical (unpaired) electrons. The summed E-state index contributed by atoms with van der Waals surface area (Å²) in [6.45, 7) is 6.23. The lowest BCUT2D eigenvalue weighted by atomic mass is 9.97. The van der Waals surface area contributed by atoms with Crippen LogP contribution in [-0.2, 0) is 6.54 Å². The average Bonchev–Trinajstić information content (AvgIpc) is 2.64. The molecule has 1 N–H and O–H groups in total. The van der Waals surface area contributed by atoms with Crippen molar-refractivity contribution >= 4 is 17.3 Å². The van der Waals surface area contributed by atoms with Gasteiger partial charge in [0.1, 0.15) is 5.02 Å². The van der Waals surface area contributed by atoms with E-state index in [-0.39, 0.29) is 10.6 Å². The van der Waals surface area contributed by atoms with Crippen LogP contribution >= 0.6 is 11.6 Å². The average molecular weight is 296 g/mol. The molecule has 0 aliphatic heterocycles. The molecular weight excluding hydrogens is 274 g/mol. The van der Waals surface area contributed by atoms with Crippen molar-refractivity contribution < 1.29 is 0 Å². The molecule has 20 heavy (non-hydrogen) atoms. The summed E-state index contributed by atoms with van der Waals surface area (Å²) in [5.74, 6) is 0.587. The standard InChI is InChI=1S/C15H22ClN3O/c1-3-9-19-15(20)14(16)13(10-17-19)18-12-8-6-4-5-7-11(12)2/h3,10-12,18H,1,4-9H2,2H3. The first-order valence-corrected chi connectivity index (χ1v) is 7.64. The zero-order chi connectivity index (χ0) is 14.5. The van der Waals surface area contributed by atoms with Crippen LogP contribution in [0.25, 0.3) is 0 Å². The number of allylic oxidation sites excluding steroid dienone is 1. The lowest BCUT2D eigenvalue weighted by Crippen LogP contribution is -2.29. The molecule has 2 atom stereocenters. The van der Waals surface area contributed by atoms with Crippen LogP contribution in [-0.4, -0.2) is 15.8 Å². The van der Waals surface area contributed by atoms with Gasteiger partial charge in [0.25, 0.3) is 5.56 Å². The molecule has 1 fully saturated rings. The van der Waals surface area contributed by atoms with Crippen molar-refractivity contribution in [3.63, 3.8) is 0 Å². The van der Waals surface area contributed by atoms with E-state index in [2.05, 4.69) is 23.9 Å². The van der Waals surface area contributed by atoms with E-state index in [1.165, 1.54) is 30.4 Å². The molecular formula is C15H22ClN3O. The summed E-state index contributed by atoms with van der Waals surface area (Å²) in [5, 5.41) is 7.76. The van der Waals surface area contributed by atoms with E-state index in [0.717, 1.165) is 6.42 Å². The van der Waals surface area contributed by atoms with Crippen molar-refractivity contribution in [1.29, 1.82) is 0 Å². The van der Waals surface area contributed by atoms with Gasteiger partial charge in [-0.2, -0.15) is 5.10 Å². The Morgan fingerprint density at radius 1 is 1.50 bits per heavy atom. The third-order valence-corrected chi connectivity index (χ3v) is 4.35. The number of nitrogens with one attached hydrogen (secondary N) is 1. The van der Waals surface area contributed by atoms with E-state index in [1.807, 2.05) is 0 Å². The molecule has 2 rings (SSSR count). The van der Waals surface area contributed by atoms with Crippen molar-refractivity contribution in [3.8, 4) is 0 Å². The minimum Gasteiger partial charge on any atom is -0.379 e. The molecule has 1 aromatic heterocycles. The number of rotatable bonds is 4. The second-order valence-corrected chi connectivity index (χ2v) is 5.89. The van der Waals surface area contributed by atoms with Gasteiger partial charge in [-0.15, -0.1) is 6.58 Å². The summed E-state index contributed by atoms with van der Waals surface area (Å²) in [6.07, 6.45) is 9.40. The Kier molecular flexibility index (Phi) is 5.24. The van der Waals surface area contributed by atoms with Gasteiger partial charge in [-0.1, -0.05) is 43.9 Å². The van der Waals surface area contributed by atoms with E-state index < -0.39 is 0 Å². The van der Waals surface area contributed by atoms with Gasteiger partial charge in [0, 0.05) is 6.04 Å². The van der Waals surface area contributed by atoms with E-state index >= 15 is 0 Å². The number of halogens is 1. The minimum absolute atomic E-state index is 0.221. The number of aromatic nitrogens is 2. The van der Waals surface area contributed by atoms with Crippen molar-refractivity contribution in [3.05, 3.63) is 34.2 Å². The molecule has 1 aliphatic rings. The van der Waals surface area contributed by atoms with E-state index in [4.69, 9.17) is 11.6 Å². The van der Waals surface area contributed by atoms with Gasteiger partial charge in [0.2, 0.25) is 0 Å². The van der Waals surface area contributed by atoms with Crippen LogP contribution in [0.1, 0.15) is 39.0 Å². The molecule has 0 aromatic carbocycles. The second-order valence-electron chi connectivity index (χ2n) is 5.51. The highest BCUT2D eigenvalue weighted by atomic mass is 35.5. The first kappa shape index (κ1) is 15.1. The van der Waals surface area contributed by atoms with Crippen LogP contribution in [0.5, 0.6) is 0 Å². The Bertz CT molecular complexity index is 526. The molecule has 0 bridgehead atoms. The second kappa shape index (κ2) is 6.93. The van der Waals surface area contributed by atoms with Crippen LogP contribution in [0.4, 0.5) is 5.69 Å². The van der Waals surface area contributed by atoms with Gasteiger partial charge in [-0.3, -0.25) is 4.79 Å². The van der Waals surface area contributed by atoms with Crippen molar-refractivity contribution in [1.82, 2.24) is 9.78 Å². The molecule has 2 unspecified atom stereocenters. The highest BCUT2D eigenvalue weighted by Gasteiger charge is 2.21. The summed E-state index contributed by atoms with van der Waals surface area (Å²) in [4.78, 5) is 12.1. The Morgan fingerprint density at radius 2 is 2.25 bits per heavy atom. The third kappa shape index (κ3) is 3.42. The molecule has 1 heterocycles.